The molecule has 0 bridgehead atoms. The maximum absolute atomic E-state index is 13.5. The number of benzene rings is 1. The molecule has 3 rings (SSSR count). The van der Waals surface area contributed by atoms with Gasteiger partial charge in [-0.05, 0) is 43.2 Å². The van der Waals surface area contributed by atoms with Gasteiger partial charge in [0.05, 0.1) is 30.2 Å². The van der Waals surface area contributed by atoms with Gasteiger partial charge in [-0.3, -0.25) is 4.79 Å². The summed E-state index contributed by atoms with van der Waals surface area (Å²) in [5.74, 6) is -2.20. The summed E-state index contributed by atoms with van der Waals surface area (Å²) < 4.78 is 5.07. The Bertz CT molecular complexity index is 844. The largest absolute Gasteiger partial charge is 0.464 e. The van der Waals surface area contributed by atoms with Crippen LogP contribution in [-0.2, 0) is 14.3 Å². The van der Waals surface area contributed by atoms with Crippen LogP contribution in [0.15, 0.2) is 41.5 Å². The van der Waals surface area contributed by atoms with Crippen LogP contribution in [0.2, 0.25) is 0 Å². The normalized spacial score (nSPS) is 27.9. The molecule has 2 aliphatic rings. The Hall–Kier alpha value is -2.92. The lowest BCUT2D eigenvalue weighted by atomic mass is 9.57. The summed E-state index contributed by atoms with van der Waals surface area (Å²) in [7, 11) is 0. The third-order valence-corrected chi connectivity index (χ3v) is 5.43. The zero-order valence-corrected chi connectivity index (χ0v) is 14.7. The molecular formula is C21H20N2O3. The number of hydrogen-bond donors (Lipinski definition) is 0. The molecule has 0 aromatic heterocycles. The van der Waals surface area contributed by atoms with Gasteiger partial charge in [0.2, 0.25) is 5.41 Å². The predicted molar refractivity (Wildman–Crippen MR) is 93.5 cm³/mol. The Labute approximate surface area is 152 Å². The van der Waals surface area contributed by atoms with Gasteiger partial charge in [0, 0.05) is 0 Å². The lowest BCUT2D eigenvalue weighted by molar-refractivity contribution is -0.155. The highest BCUT2D eigenvalue weighted by Gasteiger charge is 2.60. The number of nitriles is 2. The molecule has 0 heterocycles. The molecule has 1 aromatic carbocycles. The van der Waals surface area contributed by atoms with Crippen LogP contribution >= 0.6 is 0 Å². The van der Waals surface area contributed by atoms with Gasteiger partial charge in [-0.1, -0.05) is 36.8 Å². The van der Waals surface area contributed by atoms with Crippen molar-refractivity contribution in [3.05, 3.63) is 47.0 Å². The first kappa shape index (κ1) is 17.9. The number of allylic oxidation sites excluding steroid dienone is 1. The predicted octanol–water partition coefficient (Wildman–Crippen LogP) is 3.44. The molecule has 132 valence electrons. The number of hydrogen-bond acceptors (Lipinski definition) is 5. The van der Waals surface area contributed by atoms with Crippen LogP contribution in [0.4, 0.5) is 0 Å². The minimum Gasteiger partial charge on any atom is -0.464 e. The van der Waals surface area contributed by atoms with E-state index in [1.165, 1.54) is 0 Å². The van der Waals surface area contributed by atoms with Crippen LogP contribution in [0.25, 0.3) is 0 Å². The molecule has 26 heavy (non-hydrogen) atoms. The molecule has 1 saturated carbocycles. The Morgan fingerprint density at radius 2 is 2.00 bits per heavy atom. The topological polar surface area (TPSA) is 90.9 Å². The van der Waals surface area contributed by atoms with Crippen LogP contribution in [0.1, 0.15) is 44.1 Å². The van der Waals surface area contributed by atoms with E-state index in [-0.39, 0.29) is 18.1 Å². The van der Waals surface area contributed by atoms with Gasteiger partial charge in [0.15, 0.2) is 5.78 Å². The summed E-state index contributed by atoms with van der Waals surface area (Å²) in [6, 6.07) is 13.1. The Balaban J connectivity index is 2.27. The molecule has 1 aromatic rings. The zero-order valence-electron chi connectivity index (χ0n) is 14.7. The number of ketones is 1. The Morgan fingerprint density at radius 3 is 2.62 bits per heavy atom. The van der Waals surface area contributed by atoms with Gasteiger partial charge in [0.1, 0.15) is 0 Å². The molecule has 1 fully saturated rings. The van der Waals surface area contributed by atoms with E-state index in [0.29, 0.717) is 6.42 Å². The summed E-state index contributed by atoms with van der Waals surface area (Å²) >= 11 is 0. The van der Waals surface area contributed by atoms with Crippen LogP contribution < -0.4 is 0 Å². The van der Waals surface area contributed by atoms with E-state index in [9.17, 15) is 20.1 Å². The second-order valence-corrected chi connectivity index (χ2v) is 6.70. The Morgan fingerprint density at radius 1 is 1.27 bits per heavy atom. The van der Waals surface area contributed by atoms with E-state index in [0.717, 1.165) is 30.4 Å². The van der Waals surface area contributed by atoms with Crippen molar-refractivity contribution in [2.75, 3.05) is 6.61 Å². The minimum absolute atomic E-state index is 0.000307. The molecule has 0 radical (unpaired) electrons. The molecule has 0 spiro atoms. The molecule has 0 N–H and O–H groups in total. The standard InChI is InChI=1S/C21H20N2O3/c1-2-26-20(25)21(13-23)17(12-22)15-10-6-7-11-16(15)18(19(21)24)14-8-4-3-5-9-14/h3-5,8-9,16,18H,2,6-7,10-11H2,1H3/t16-,18-,21+/m1/s1. The molecule has 3 atom stereocenters. The molecule has 0 amide bonds. The van der Waals surface area contributed by atoms with Crippen molar-refractivity contribution in [2.24, 2.45) is 11.3 Å². The lowest BCUT2D eigenvalue weighted by Gasteiger charge is -2.41. The smallest absolute Gasteiger partial charge is 0.339 e. The summed E-state index contributed by atoms with van der Waals surface area (Å²) in [4.78, 5) is 26.2. The van der Waals surface area contributed by atoms with Crippen LogP contribution in [0.3, 0.4) is 0 Å². The SMILES string of the molecule is CCOC(=O)[C@]1(C#N)C(=O)[C@H](c2ccccc2)[C@@H]2CCCCC2=C1C#N. The van der Waals surface area contributed by atoms with Crippen molar-refractivity contribution in [1.29, 1.82) is 10.5 Å². The summed E-state index contributed by atoms with van der Waals surface area (Å²) in [5, 5.41) is 19.7. The number of esters is 1. The summed E-state index contributed by atoms with van der Waals surface area (Å²) in [5.41, 5.74) is -0.598. The maximum Gasteiger partial charge on any atom is 0.339 e. The first-order valence-corrected chi connectivity index (χ1v) is 8.93. The molecule has 0 aliphatic heterocycles. The summed E-state index contributed by atoms with van der Waals surface area (Å²) in [6.45, 7) is 1.66. The number of rotatable bonds is 3. The van der Waals surface area contributed by atoms with Gasteiger partial charge in [-0.2, -0.15) is 10.5 Å². The van der Waals surface area contributed by atoms with E-state index in [2.05, 4.69) is 0 Å². The third kappa shape index (κ3) is 2.52. The molecule has 0 unspecified atom stereocenters. The van der Waals surface area contributed by atoms with Gasteiger partial charge < -0.3 is 4.74 Å². The van der Waals surface area contributed by atoms with E-state index in [1.54, 1.807) is 6.92 Å². The van der Waals surface area contributed by atoms with Crippen molar-refractivity contribution in [3.63, 3.8) is 0 Å². The fraction of sp³-hybridized carbons (Fsp3) is 0.429. The van der Waals surface area contributed by atoms with E-state index in [4.69, 9.17) is 4.74 Å². The first-order valence-electron chi connectivity index (χ1n) is 8.93. The molecule has 5 heteroatoms. The third-order valence-electron chi connectivity index (χ3n) is 5.43. The lowest BCUT2D eigenvalue weighted by Crippen LogP contribution is -2.50. The van der Waals surface area contributed by atoms with Crippen LogP contribution in [0.5, 0.6) is 0 Å². The highest BCUT2D eigenvalue weighted by atomic mass is 16.5. The van der Waals surface area contributed by atoms with Gasteiger partial charge in [-0.25, -0.2) is 4.79 Å². The van der Waals surface area contributed by atoms with Crippen molar-refractivity contribution < 1.29 is 14.3 Å². The second-order valence-electron chi connectivity index (χ2n) is 6.70. The Kier molecular flexibility index (Phi) is 4.91. The highest BCUT2D eigenvalue weighted by Crippen LogP contribution is 2.52. The van der Waals surface area contributed by atoms with Gasteiger partial charge in [-0.15, -0.1) is 0 Å². The van der Waals surface area contributed by atoms with E-state index in [1.807, 2.05) is 42.5 Å². The van der Waals surface area contributed by atoms with Crippen LogP contribution in [0, 0.1) is 34.0 Å². The van der Waals surface area contributed by atoms with Crippen molar-refractivity contribution >= 4 is 11.8 Å². The number of carbonyl (C=O) groups excluding carboxylic acids is 2. The van der Waals surface area contributed by atoms with Crippen molar-refractivity contribution in [2.45, 2.75) is 38.5 Å². The molecule has 2 aliphatic carbocycles. The quantitative estimate of drug-likeness (QED) is 0.616. The second kappa shape index (κ2) is 7.14. The average Bonchev–Trinajstić information content (AvgIpc) is 2.68. The first-order chi connectivity index (χ1) is 12.6. The van der Waals surface area contributed by atoms with Crippen molar-refractivity contribution in [3.8, 4) is 12.1 Å². The zero-order chi connectivity index (χ0) is 18.7. The van der Waals surface area contributed by atoms with Gasteiger partial charge >= 0.3 is 5.97 Å². The number of ether oxygens (including phenoxy) is 1. The fourth-order valence-corrected chi connectivity index (χ4v) is 4.30. The fourth-order valence-electron chi connectivity index (χ4n) is 4.30. The maximum atomic E-state index is 13.5. The molecule has 0 saturated heterocycles. The number of fused-ring (bicyclic) bond motifs is 1. The van der Waals surface area contributed by atoms with Crippen molar-refractivity contribution in [1.82, 2.24) is 0 Å². The highest BCUT2D eigenvalue weighted by molar-refractivity contribution is 6.14. The molecular weight excluding hydrogens is 328 g/mol. The van der Waals surface area contributed by atoms with E-state index >= 15 is 0 Å². The number of carbonyl (C=O) groups is 2. The molecule has 5 nitrogen and oxygen atoms in total. The van der Waals surface area contributed by atoms with Gasteiger partial charge in [0.25, 0.3) is 0 Å². The minimum atomic E-state index is -2.16. The van der Waals surface area contributed by atoms with Crippen LogP contribution in [-0.4, -0.2) is 18.4 Å². The monoisotopic (exact) mass is 348 g/mol. The van der Waals surface area contributed by atoms with E-state index < -0.39 is 23.1 Å². The number of nitrogens with zero attached hydrogens (tertiary/aromatic N) is 2. The average molecular weight is 348 g/mol. The summed E-state index contributed by atoms with van der Waals surface area (Å²) in [6.07, 6.45) is 3.25. The number of Topliss-reactive ketones (excluding diaryl/α,β-unsaturated/α-hetero) is 1.